The zero-order valence-corrected chi connectivity index (χ0v) is 25.7. The van der Waals surface area contributed by atoms with Crippen molar-refractivity contribution < 1.29 is 18.7 Å². The van der Waals surface area contributed by atoms with Gasteiger partial charge in [-0.05, 0) is 65.7 Å². The minimum absolute atomic E-state index is 0.0381. The number of nitrogens with zero attached hydrogens (tertiary/aromatic N) is 2. The van der Waals surface area contributed by atoms with Crippen molar-refractivity contribution in [3.8, 4) is 5.75 Å². The van der Waals surface area contributed by atoms with E-state index in [0.29, 0.717) is 52.0 Å². The van der Waals surface area contributed by atoms with Crippen molar-refractivity contribution in [1.29, 1.82) is 0 Å². The molecule has 4 aromatic rings. The van der Waals surface area contributed by atoms with E-state index in [0.717, 1.165) is 11.3 Å². The number of benzene rings is 3. The molecule has 2 heterocycles. The monoisotopic (exact) mass is 674 g/mol. The molecule has 3 aromatic carbocycles. The van der Waals surface area contributed by atoms with Crippen LogP contribution in [0.4, 0.5) is 4.39 Å². The summed E-state index contributed by atoms with van der Waals surface area (Å²) in [6.45, 7) is 3.54. The van der Waals surface area contributed by atoms with Crippen LogP contribution >= 0.6 is 50.5 Å². The number of allylic oxidation sites excluding steroid dienone is 1. The minimum Gasteiger partial charge on any atom is -0.487 e. The number of halogens is 4. The van der Waals surface area contributed by atoms with E-state index in [-0.39, 0.29) is 30.2 Å². The Kier molecular flexibility index (Phi) is 8.79. The molecular weight excluding hydrogens is 654 g/mol. The van der Waals surface area contributed by atoms with Crippen LogP contribution in [0.25, 0.3) is 6.08 Å². The highest BCUT2D eigenvalue weighted by Crippen LogP contribution is 2.36. The standard InChI is InChI=1S/C30H22BrCl2FN2O4S/c1-3-39-29(38)25-16(2)35-30-36(26(25)20-9-5-6-10-22(20)33)28(37)24(41-30)13-18-12-19(32)14-21(31)27(18)40-15-17-8-4-7-11-23(17)34/h4-14,26H,3,15H2,1-2H3/b24-13-/t26-/m0/s1. The lowest BCUT2D eigenvalue weighted by atomic mass is 9.96. The number of carbonyl (C=O) groups excluding carboxylic acids is 1. The van der Waals surface area contributed by atoms with Gasteiger partial charge in [-0.3, -0.25) is 9.36 Å². The van der Waals surface area contributed by atoms with Crippen LogP contribution < -0.4 is 19.6 Å². The number of thiazole rings is 1. The number of fused-ring (bicyclic) bond motifs is 1. The van der Waals surface area contributed by atoms with E-state index in [1.807, 2.05) is 0 Å². The van der Waals surface area contributed by atoms with Gasteiger partial charge in [0.15, 0.2) is 4.80 Å². The molecule has 1 aliphatic rings. The Balaban J connectivity index is 1.67. The van der Waals surface area contributed by atoms with Crippen LogP contribution in [0.3, 0.4) is 0 Å². The van der Waals surface area contributed by atoms with Crippen LogP contribution in [0.1, 0.15) is 36.6 Å². The van der Waals surface area contributed by atoms with Gasteiger partial charge in [0.05, 0.1) is 26.9 Å². The molecule has 210 valence electrons. The van der Waals surface area contributed by atoms with Crippen molar-refractivity contribution in [2.75, 3.05) is 6.61 Å². The normalized spacial score (nSPS) is 15.0. The van der Waals surface area contributed by atoms with Gasteiger partial charge in [0, 0.05) is 21.2 Å². The molecule has 1 aromatic heterocycles. The maximum atomic E-state index is 14.2. The van der Waals surface area contributed by atoms with E-state index < -0.39 is 12.0 Å². The number of aromatic nitrogens is 1. The first kappa shape index (κ1) is 29.3. The summed E-state index contributed by atoms with van der Waals surface area (Å²) in [6, 6.07) is 15.8. The van der Waals surface area contributed by atoms with Gasteiger partial charge in [0.25, 0.3) is 5.56 Å². The Bertz CT molecular complexity index is 1890. The first-order valence-electron chi connectivity index (χ1n) is 12.5. The van der Waals surface area contributed by atoms with Crippen molar-refractivity contribution in [2.45, 2.75) is 26.5 Å². The maximum absolute atomic E-state index is 14.2. The van der Waals surface area contributed by atoms with Gasteiger partial charge >= 0.3 is 5.97 Å². The number of rotatable bonds is 7. The first-order chi connectivity index (χ1) is 19.7. The van der Waals surface area contributed by atoms with Crippen molar-refractivity contribution in [3.05, 3.63) is 129 Å². The molecule has 0 spiro atoms. The summed E-state index contributed by atoms with van der Waals surface area (Å²) >= 11 is 17.6. The van der Waals surface area contributed by atoms with Gasteiger partial charge in [-0.2, -0.15) is 0 Å². The zero-order chi connectivity index (χ0) is 29.3. The highest BCUT2D eigenvalue weighted by atomic mass is 79.9. The summed E-state index contributed by atoms with van der Waals surface area (Å²) in [5, 5.41) is 0.801. The fourth-order valence-electron chi connectivity index (χ4n) is 4.53. The van der Waals surface area contributed by atoms with Crippen molar-refractivity contribution >= 4 is 62.5 Å². The second-order valence-electron chi connectivity index (χ2n) is 9.01. The lowest BCUT2D eigenvalue weighted by Gasteiger charge is -2.25. The molecule has 0 amide bonds. The Morgan fingerprint density at radius 3 is 2.63 bits per heavy atom. The van der Waals surface area contributed by atoms with Gasteiger partial charge in [-0.25, -0.2) is 14.2 Å². The molecule has 0 fully saturated rings. The van der Waals surface area contributed by atoms with Crippen LogP contribution in [-0.4, -0.2) is 17.1 Å². The fourth-order valence-corrected chi connectivity index (χ4v) is 6.75. The Morgan fingerprint density at radius 2 is 1.90 bits per heavy atom. The zero-order valence-electron chi connectivity index (χ0n) is 21.8. The summed E-state index contributed by atoms with van der Waals surface area (Å²) in [6.07, 6.45) is 1.64. The van der Waals surface area contributed by atoms with Crippen molar-refractivity contribution in [1.82, 2.24) is 4.57 Å². The molecule has 5 rings (SSSR count). The number of ether oxygens (including phenoxy) is 2. The third kappa shape index (κ3) is 5.90. The average Bonchev–Trinajstić information content (AvgIpc) is 3.22. The predicted molar refractivity (Wildman–Crippen MR) is 162 cm³/mol. The van der Waals surface area contributed by atoms with E-state index >= 15 is 0 Å². The fraction of sp³-hybridized carbons (Fsp3) is 0.167. The molecule has 0 radical (unpaired) electrons. The van der Waals surface area contributed by atoms with Crippen LogP contribution in [-0.2, 0) is 16.1 Å². The molecule has 0 unspecified atom stereocenters. The highest BCUT2D eigenvalue weighted by molar-refractivity contribution is 9.10. The third-order valence-electron chi connectivity index (χ3n) is 6.37. The summed E-state index contributed by atoms with van der Waals surface area (Å²) in [7, 11) is 0. The van der Waals surface area contributed by atoms with E-state index in [1.54, 1.807) is 74.5 Å². The van der Waals surface area contributed by atoms with Crippen LogP contribution in [0.5, 0.6) is 5.75 Å². The number of hydrogen-bond acceptors (Lipinski definition) is 6. The van der Waals surface area contributed by atoms with Gasteiger partial charge in [0.1, 0.15) is 24.2 Å². The average molecular weight is 676 g/mol. The van der Waals surface area contributed by atoms with Crippen LogP contribution in [0.15, 0.2) is 86.2 Å². The number of hydrogen-bond donors (Lipinski definition) is 0. The summed E-state index contributed by atoms with van der Waals surface area (Å²) in [5.74, 6) is -0.579. The second kappa shape index (κ2) is 12.3. The molecule has 1 aliphatic heterocycles. The van der Waals surface area contributed by atoms with Gasteiger partial charge < -0.3 is 9.47 Å². The van der Waals surface area contributed by atoms with Crippen molar-refractivity contribution in [2.24, 2.45) is 4.99 Å². The Morgan fingerprint density at radius 1 is 1.17 bits per heavy atom. The van der Waals surface area contributed by atoms with E-state index in [4.69, 9.17) is 32.7 Å². The quantitative estimate of drug-likeness (QED) is 0.208. The molecule has 0 aliphatic carbocycles. The van der Waals surface area contributed by atoms with E-state index in [9.17, 15) is 14.0 Å². The molecular formula is C30H22BrCl2FN2O4S. The summed E-state index contributed by atoms with van der Waals surface area (Å²) < 4.78 is 27.9. The van der Waals surface area contributed by atoms with Gasteiger partial charge in [-0.1, -0.05) is 70.9 Å². The SMILES string of the molecule is CCOC(=O)C1=C(C)N=c2s/c(=C\c3cc(Cl)cc(Br)c3OCc3ccccc3F)c(=O)n2[C@H]1c1ccccc1Cl. The molecule has 0 saturated heterocycles. The molecule has 0 N–H and O–H groups in total. The summed E-state index contributed by atoms with van der Waals surface area (Å²) in [5.41, 5.74) is 1.73. The van der Waals surface area contributed by atoms with Crippen molar-refractivity contribution in [3.63, 3.8) is 0 Å². The van der Waals surface area contributed by atoms with E-state index in [2.05, 4.69) is 20.9 Å². The maximum Gasteiger partial charge on any atom is 0.338 e. The van der Waals surface area contributed by atoms with Crippen LogP contribution in [0, 0.1) is 5.82 Å². The topological polar surface area (TPSA) is 69.9 Å². The number of esters is 1. The molecule has 0 bridgehead atoms. The molecule has 1 atom stereocenters. The van der Waals surface area contributed by atoms with E-state index in [1.165, 1.54) is 10.6 Å². The van der Waals surface area contributed by atoms with Gasteiger partial charge in [0.2, 0.25) is 0 Å². The van der Waals surface area contributed by atoms with Gasteiger partial charge in [-0.15, -0.1) is 0 Å². The lowest BCUT2D eigenvalue weighted by molar-refractivity contribution is -0.139. The molecule has 41 heavy (non-hydrogen) atoms. The Labute approximate surface area is 257 Å². The number of carbonyl (C=O) groups is 1. The smallest absolute Gasteiger partial charge is 0.338 e. The lowest BCUT2D eigenvalue weighted by Crippen LogP contribution is -2.40. The first-order valence-corrected chi connectivity index (χ1v) is 14.9. The molecule has 6 nitrogen and oxygen atoms in total. The third-order valence-corrected chi connectivity index (χ3v) is 8.50. The summed E-state index contributed by atoms with van der Waals surface area (Å²) in [4.78, 5) is 32.1. The molecule has 11 heteroatoms. The second-order valence-corrected chi connectivity index (χ2v) is 11.7. The largest absolute Gasteiger partial charge is 0.487 e. The Hall–Kier alpha value is -3.24. The highest BCUT2D eigenvalue weighted by Gasteiger charge is 2.34. The molecule has 0 saturated carbocycles. The minimum atomic E-state index is -0.843. The van der Waals surface area contributed by atoms with Crippen LogP contribution in [0.2, 0.25) is 10.0 Å². The predicted octanol–water partition coefficient (Wildman–Crippen LogP) is 6.59.